The number of thiazole rings is 1. The van der Waals surface area contributed by atoms with Crippen LogP contribution in [0.15, 0.2) is 29.6 Å². The Hall–Kier alpha value is -2.25. The van der Waals surface area contributed by atoms with E-state index in [-0.39, 0.29) is 24.0 Å². The second kappa shape index (κ2) is 7.88. The van der Waals surface area contributed by atoms with Crippen molar-refractivity contribution in [1.29, 1.82) is 0 Å². The van der Waals surface area contributed by atoms with Crippen molar-refractivity contribution in [1.82, 2.24) is 15.2 Å². The number of amides is 3. The zero-order valence-corrected chi connectivity index (χ0v) is 18.7. The van der Waals surface area contributed by atoms with E-state index in [0.717, 1.165) is 10.6 Å². The minimum absolute atomic E-state index is 0.0232. The van der Waals surface area contributed by atoms with E-state index in [0.29, 0.717) is 12.3 Å². The third-order valence-corrected chi connectivity index (χ3v) is 6.31. The number of rotatable bonds is 6. The number of nitrogens with zero attached hydrogens (tertiary/aromatic N) is 2. The van der Waals surface area contributed by atoms with Crippen molar-refractivity contribution in [3.8, 4) is 0 Å². The number of hydrogen-bond donors (Lipinski definition) is 1. The van der Waals surface area contributed by atoms with Gasteiger partial charge in [-0.05, 0) is 37.3 Å². The molecule has 0 bridgehead atoms. The van der Waals surface area contributed by atoms with Gasteiger partial charge >= 0.3 is 6.03 Å². The summed E-state index contributed by atoms with van der Waals surface area (Å²) in [7, 11) is 0. The highest BCUT2D eigenvalue weighted by Gasteiger charge is 2.49. The highest BCUT2D eigenvalue weighted by molar-refractivity contribution is 7.09. The van der Waals surface area contributed by atoms with Gasteiger partial charge in [0.15, 0.2) is 0 Å². The number of benzene rings is 1. The van der Waals surface area contributed by atoms with Crippen molar-refractivity contribution in [2.24, 2.45) is 0 Å². The summed E-state index contributed by atoms with van der Waals surface area (Å²) in [5, 5.41) is 5.58. The maximum Gasteiger partial charge on any atom is 0.325 e. The van der Waals surface area contributed by atoms with Crippen molar-refractivity contribution >= 4 is 23.3 Å². The SMILES string of the molecule is CCOC(C)c1nc(CN2C(=O)NC(C)(c3ccc(C(C)(C)C)cc3)C2=O)cs1. The Morgan fingerprint density at radius 3 is 2.48 bits per heavy atom. The number of urea groups is 1. The molecule has 3 rings (SSSR count). The molecule has 29 heavy (non-hydrogen) atoms. The summed E-state index contributed by atoms with van der Waals surface area (Å²) in [6.45, 7) is 12.8. The van der Waals surface area contributed by atoms with Crippen LogP contribution in [0.4, 0.5) is 4.79 Å². The Labute approximate surface area is 176 Å². The van der Waals surface area contributed by atoms with Crippen LogP contribution in [0.25, 0.3) is 0 Å². The fourth-order valence-electron chi connectivity index (χ4n) is 3.41. The molecule has 1 aliphatic rings. The van der Waals surface area contributed by atoms with Crippen molar-refractivity contribution in [3.63, 3.8) is 0 Å². The van der Waals surface area contributed by atoms with Crippen LogP contribution < -0.4 is 5.32 Å². The lowest BCUT2D eigenvalue weighted by atomic mass is 9.84. The minimum Gasteiger partial charge on any atom is -0.372 e. The molecule has 1 aromatic heterocycles. The number of imide groups is 1. The van der Waals surface area contributed by atoms with Crippen molar-refractivity contribution in [2.75, 3.05) is 6.61 Å². The first-order valence-corrected chi connectivity index (χ1v) is 10.7. The zero-order valence-electron chi connectivity index (χ0n) is 17.9. The van der Waals surface area contributed by atoms with Gasteiger partial charge in [0.1, 0.15) is 16.7 Å². The Morgan fingerprint density at radius 1 is 1.24 bits per heavy atom. The first-order chi connectivity index (χ1) is 13.6. The Kier molecular flexibility index (Phi) is 5.83. The molecule has 3 amide bonds. The van der Waals surface area contributed by atoms with E-state index in [1.807, 2.05) is 43.5 Å². The molecule has 2 aromatic rings. The largest absolute Gasteiger partial charge is 0.372 e. The molecule has 7 heteroatoms. The summed E-state index contributed by atoms with van der Waals surface area (Å²) in [5.74, 6) is -0.265. The van der Waals surface area contributed by atoms with Gasteiger partial charge in [0.05, 0.1) is 12.2 Å². The molecule has 2 heterocycles. The number of aromatic nitrogens is 1. The molecule has 2 atom stereocenters. The molecule has 0 spiro atoms. The molecular formula is C22H29N3O3S. The summed E-state index contributed by atoms with van der Waals surface area (Å²) in [6, 6.07) is 7.49. The summed E-state index contributed by atoms with van der Waals surface area (Å²) in [5.41, 5.74) is 1.58. The number of carbonyl (C=O) groups excluding carboxylic acids is 2. The van der Waals surface area contributed by atoms with Gasteiger partial charge in [-0.25, -0.2) is 9.78 Å². The van der Waals surface area contributed by atoms with Crippen LogP contribution in [-0.4, -0.2) is 28.4 Å². The number of carbonyl (C=O) groups is 2. The maximum atomic E-state index is 13.2. The zero-order chi connectivity index (χ0) is 21.4. The molecule has 1 aromatic carbocycles. The van der Waals surface area contributed by atoms with Crippen LogP contribution in [0.2, 0.25) is 0 Å². The van der Waals surface area contributed by atoms with Crippen molar-refractivity contribution in [3.05, 3.63) is 51.5 Å². The quantitative estimate of drug-likeness (QED) is 0.705. The number of ether oxygens (including phenoxy) is 1. The average molecular weight is 416 g/mol. The summed E-state index contributed by atoms with van der Waals surface area (Å²) >= 11 is 1.48. The summed E-state index contributed by atoms with van der Waals surface area (Å²) in [6.07, 6.45) is -0.103. The van der Waals surface area contributed by atoms with E-state index in [1.54, 1.807) is 6.92 Å². The second-order valence-corrected chi connectivity index (χ2v) is 9.44. The van der Waals surface area contributed by atoms with Gasteiger partial charge in [0.25, 0.3) is 5.91 Å². The molecule has 1 fully saturated rings. The molecule has 0 aliphatic carbocycles. The second-order valence-electron chi connectivity index (χ2n) is 8.55. The van der Waals surface area contributed by atoms with Gasteiger partial charge in [-0.3, -0.25) is 9.69 Å². The van der Waals surface area contributed by atoms with E-state index in [2.05, 4.69) is 31.1 Å². The maximum absolute atomic E-state index is 13.2. The van der Waals surface area contributed by atoms with E-state index < -0.39 is 11.6 Å². The van der Waals surface area contributed by atoms with Crippen LogP contribution in [0.5, 0.6) is 0 Å². The lowest BCUT2D eigenvalue weighted by Gasteiger charge is -2.24. The Bertz CT molecular complexity index is 901. The summed E-state index contributed by atoms with van der Waals surface area (Å²) < 4.78 is 5.57. The Balaban J connectivity index is 1.79. The predicted octanol–water partition coefficient (Wildman–Crippen LogP) is 4.51. The fraction of sp³-hybridized carbons (Fsp3) is 0.500. The number of nitrogens with one attached hydrogen (secondary N) is 1. The molecule has 0 saturated carbocycles. The smallest absolute Gasteiger partial charge is 0.325 e. The molecule has 1 aliphatic heterocycles. The van der Waals surface area contributed by atoms with Gasteiger partial charge in [0, 0.05) is 12.0 Å². The van der Waals surface area contributed by atoms with E-state index in [4.69, 9.17) is 4.74 Å². The Morgan fingerprint density at radius 2 is 1.90 bits per heavy atom. The van der Waals surface area contributed by atoms with Crippen LogP contribution >= 0.6 is 11.3 Å². The molecule has 0 radical (unpaired) electrons. The average Bonchev–Trinajstić information content (AvgIpc) is 3.21. The van der Waals surface area contributed by atoms with E-state index in [9.17, 15) is 9.59 Å². The standard InChI is InChI=1S/C22H29N3O3S/c1-7-28-14(2)18-23-17(13-29-18)12-25-19(26)22(6,24-20(25)27)16-10-8-15(9-11-16)21(3,4)5/h8-11,13-14H,7,12H2,1-6H3,(H,24,27). The first-order valence-electron chi connectivity index (χ1n) is 9.87. The van der Waals surface area contributed by atoms with Gasteiger partial charge in [-0.1, -0.05) is 45.0 Å². The predicted molar refractivity (Wildman–Crippen MR) is 114 cm³/mol. The van der Waals surface area contributed by atoms with Gasteiger partial charge < -0.3 is 10.1 Å². The lowest BCUT2D eigenvalue weighted by molar-refractivity contribution is -0.131. The third kappa shape index (κ3) is 4.21. The third-order valence-electron chi connectivity index (χ3n) is 5.26. The van der Waals surface area contributed by atoms with Crippen LogP contribution in [-0.2, 0) is 27.0 Å². The first kappa shape index (κ1) is 21.5. The van der Waals surface area contributed by atoms with Crippen LogP contribution in [0.1, 0.15) is 69.5 Å². The molecule has 6 nitrogen and oxygen atoms in total. The van der Waals surface area contributed by atoms with E-state index in [1.165, 1.54) is 21.8 Å². The molecule has 1 N–H and O–H groups in total. The monoisotopic (exact) mass is 415 g/mol. The normalized spacial score (nSPS) is 20.8. The molecule has 1 saturated heterocycles. The minimum atomic E-state index is -1.08. The topological polar surface area (TPSA) is 71.5 Å². The number of hydrogen-bond acceptors (Lipinski definition) is 5. The lowest BCUT2D eigenvalue weighted by Crippen LogP contribution is -2.40. The van der Waals surface area contributed by atoms with Crippen molar-refractivity contribution in [2.45, 2.75) is 65.1 Å². The van der Waals surface area contributed by atoms with Crippen LogP contribution in [0, 0.1) is 0 Å². The highest BCUT2D eigenvalue weighted by Crippen LogP contribution is 2.32. The van der Waals surface area contributed by atoms with Crippen molar-refractivity contribution < 1.29 is 14.3 Å². The van der Waals surface area contributed by atoms with Gasteiger partial charge in [-0.15, -0.1) is 11.3 Å². The van der Waals surface area contributed by atoms with E-state index >= 15 is 0 Å². The molecule has 2 unspecified atom stereocenters. The summed E-state index contributed by atoms with van der Waals surface area (Å²) in [4.78, 5) is 31.5. The van der Waals surface area contributed by atoms with Gasteiger partial charge in [-0.2, -0.15) is 0 Å². The highest BCUT2D eigenvalue weighted by atomic mass is 32.1. The molecule has 156 valence electrons. The van der Waals surface area contributed by atoms with Gasteiger partial charge in [0.2, 0.25) is 0 Å². The fourth-order valence-corrected chi connectivity index (χ4v) is 4.22. The van der Waals surface area contributed by atoms with Crippen LogP contribution in [0.3, 0.4) is 0 Å². The molecular weight excluding hydrogens is 386 g/mol.